The average molecular weight is 374 g/mol. The molecule has 1 aliphatic rings. The first-order valence-electron chi connectivity index (χ1n) is 8.14. The number of nitrogens with zero attached hydrogens (tertiary/aromatic N) is 2. The van der Waals surface area contributed by atoms with Gasteiger partial charge in [-0.2, -0.15) is 0 Å². The number of carbonyl (C=O) groups is 1. The number of nitrogens with one attached hydrogen (secondary N) is 1. The summed E-state index contributed by atoms with van der Waals surface area (Å²) in [7, 11) is 0. The molecule has 0 unspecified atom stereocenters. The number of alkyl halides is 1. The molecule has 0 aliphatic carbocycles. The molecule has 4 nitrogen and oxygen atoms in total. The third-order valence-electron chi connectivity index (χ3n) is 4.53. The molecule has 2 aromatic carbocycles. The fraction of sp³-hybridized carbons (Fsp3) is 0.211. The molecule has 1 amide bonds. The summed E-state index contributed by atoms with van der Waals surface area (Å²) in [6, 6.07) is 16.3. The van der Waals surface area contributed by atoms with Gasteiger partial charge in [-0.15, -0.1) is 11.6 Å². The maximum Gasteiger partial charge on any atom is 0.249 e. The van der Waals surface area contributed by atoms with Gasteiger partial charge in [0.15, 0.2) is 0 Å². The van der Waals surface area contributed by atoms with Crippen LogP contribution in [-0.4, -0.2) is 27.9 Å². The molecular weight excluding hydrogens is 357 g/mol. The molecule has 1 aromatic heterocycles. The monoisotopic (exact) mass is 373 g/mol. The molecule has 0 saturated heterocycles. The predicted molar refractivity (Wildman–Crippen MR) is 102 cm³/mol. The number of aromatic nitrogens is 1. The SMILES string of the molecule is O=C(CCl)NN1CCn2c(c(-c3ccccc3)c3cc(Cl)ccc32)C1. The average Bonchev–Trinajstić information content (AvgIpc) is 2.94. The van der Waals surface area contributed by atoms with Gasteiger partial charge in [-0.3, -0.25) is 10.2 Å². The van der Waals surface area contributed by atoms with E-state index >= 15 is 0 Å². The number of carbonyl (C=O) groups excluding carboxylic acids is 1. The number of hydrogen-bond donors (Lipinski definition) is 1. The van der Waals surface area contributed by atoms with Gasteiger partial charge in [-0.25, -0.2) is 5.01 Å². The van der Waals surface area contributed by atoms with Crippen LogP contribution >= 0.6 is 23.2 Å². The van der Waals surface area contributed by atoms with Gasteiger partial charge >= 0.3 is 0 Å². The van der Waals surface area contributed by atoms with Crippen molar-refractivity contribution >= 4 is 40.0 Å². The maximum absolute atomic E-state index is 11.7. The molecule has 2 heterocycles. The molecule has 128 valence electrons. The molecule has 0 fully saturated rings. The molecule has 0 radical (unpaired) electrons. The molecule has 0 saturated carbocycles. The smallest absolute Gasteiger partial charge is 0.249 e. The highest BCUT2D eigenvalue weighted by molar-refractivity contribution is 6.31. The van der Waals surface area contributed by atoms with E-state index in [4.69, 9.17) is 23.2 Å². The number of amides is 1. The quantitative estimate of drug-likeness (QED) is 0.703. The van der Waals surface area contributed by atoms with Gasteiger partial charge in [0.05, 0.1) is 6.54 Å². The lowest BCUT2D eigenvalue weighted by molar-refractivity contribution is -0.124. The summed E-state index contributed by atoms with van der Waals surface area (Å²) >= 11 is 11.9. The molecule has 1 aliphatic heterocycles. The fourth-order valence-electron chi connectivity index (χ4n) is 3.51. The van der Waals surface area contributed by atoms with Gasteiger partial charge in [0.2, 0.25) is 5.91 Å². The lowest BCUT2D eigenvalue weighted by Crippen LogP contribution is -2.46. The van der Waals surface area contributed by atoms with Crippen LogP contribution in [0, 0.1) is 0 Å². The van der Waals surface area contributed by atoms with Crippen molar-refractivity contribution in [3.05, 3.63) is 59.2 Å². The summed E-state index contributed by atoms with van der Waals surface area (Å²) in [5.41, 5.74) is 7.52. The summed E-state index contributed by atoms with van der Waals surface area (Å²) in [5.74, 6) is -0.226. The van der Waals surface area contributed by atoms with Crippen LogP contribution in [0.1, 0.15) is 5.69 Å². The van der Waals surface area contributed by atoms with Crippen molar-refractivity contribution in [3.63, 3.8) is 0 Å². The zero-order chi connectivity index (χ0) is 17.4. The van der Waals surface area contributed by atoms with Crippen LogP contribution in [0.3, 0.4) is 0 Å². The topological polar surface area (TPSA) is 37.3 Å². The Kier molecular flexibility index (Phi) is 4.42. The Hall–Kier alpha value is -2.01. The lowest BCUT2D eigenvalue weighted by atomic mass is 10.0. The van der Waals surface area contributed by atoms with Crippen molar-refractivity contribution in [3.8, 4) is 11.1 Å². The van der Waals surface area contributed by atoms with Gasteiger partial charge < -0.3 is 4.57 Å². The first kappa shape index (κ1) is 16.5. The van der Waals surface area contributed by atoms with Crippen LogP contribution in [0.5, 0.6) is 0 Å². The van der Waals surface area contributed by atoms with Gasteiger partial charge in [0.25, 0.3) is 0 Å². The number of hydrogen-bond acceptors (Lipinski definition) is 2. The van der Waals surface area contributed by atoms with Crippen molar-refractivity contribution in [2.45, 2.75) is 13.1 Å². The summed E-state index contributed by atoms with van der Waals surface area (Å²) in [4.78, 5) is 11.7. The largest absolute Gasteiger partial charge is 0.341 e. The predicted octanol–water partition coefficient (Wildman–Crippen LogP) is 4.05. The van der Waals surface area contributed by atoms with Crippen molar-refractivity contribution in [1.29, 1.82) is 0 Å². The summed E-state index contributed by atoms with van der Waals surface area (Å²) in [6.07, 6.45) is 0. The van der Waals surface area contributed by atoms with E-state index < -0.39 is 0 Å². The maximum atomic E-state index is 11.7. The molecule has 4 rings (SSSR count). The highest BCUT2D eigenvalue weighted by Crippen LogP contribution is 2.38. The van der Waals surface area contributed by atoms with Crippen LogP contribution in [-0.2, 0) is 17.9 Å². The second-order valence-corrected chi connectivity index (χ2v) is 6.79. The lowest BCUT2D eigenvalue weighted by Gasteiger charge is -2.29. The Morgan fingerprint density at radius 2 is 1.92 bits per heavy atom. The van der Waals surface area contributed by atoms with Crippen molar-refractivity contribution in [2.75, 3.05) is 12.4 Å². The van der Waals surface area contributed by atoms with Crippen LogP contribution in [0.15, 0.2) is 48.5 Å². The van der Waals surface area contributed by atoms with E-state index in [9.17, 15) is 4.79 Å². The first-order chi connectivity index (χ1) is 12.2. The van der Waals surface area contributed by atoms with Gasteiger partial charge in [0.1, 0.15) is 5.88 Å². The van der Waals surface area contributed by atoms with E-state index in [-0.39, 0.29) is 11.8 Å². The molecular formula is C19H17Cl2N3O. The van der Waals surface area contributed by atoms with E-state index in [1.807, 2.05) is 35.3 Å². The summed E-state index contributed by atoms with van der Waals surface area (Å²) in [5, 5.41) is 3.78. The summed E-state index contributed by atoms with van der Waals surface area (Å²) in [6.45, 7) is 2.15. The van der Waals surface area contributed by atoms with Crippen LogP contribution in [0.4, 0.5) is 0 Å². The third kappa shape index (κ3) is 3.01. The Morgan fingerprint density at radius 1 is 1.12 bits per heavy atom. The highest BCUT2D eigenvalue weighted by atomic mass is 35.5. The van der Waals surface area contributed by atoms with Crippen molar-refractivity contribution in [1.82, 2.24) is 15.0 Å². The molecule has 0 spiro atoms. The molecule has 25 heavy (non-hydrogen) atoms. The zero-order valence-corrected chi connectivity index (χ0v) is 15.0. The Morgan fingerprint density at radius 3 is 2.68 bits per heavy atom. The van der Waals surface area contributed by atoms with Crippen LogP contribution < -0.4 is 5.43 Å². The van der Waals surface area contributed by atoms with Gasteiger partial charge in [-0.05, 0) is 23.8 Å². The Labute approximate surface area is 155 Å². The number of fused-ring (bicyclic) bond motifs is 3. The number of hydrazine groups is 1. The van der Waals surface area contributed by atoms with Crippen LogP contribution in [0.2, 0.25) is 5.02 Å². The minimum atomic E-state index is -0.185. The van der Waals surface area contributed by atoms with E-state index in [2.05, 4.69) is 28.2 Å². The minimum absolute atomic E-state index is 0.0410. The first-order valence-corrected chi connectivity index (χ1v) is 9.05. The standard InChI is InChI=1S/C19H17Cl2N3O/c20-11-18(25)22-23-8-9-24-16-7-6-14(21)10-15(16)19(17(24)12-23)13-4-2-1-3-5-13/h1-7,10H,8-9,11-12H2,(H,22,25). The molecule has 6 heteroatoms. The van der Waals surface area contributed by atoms with E-state index in [1.165, 1.54) is 16.8 Å². The van der Waals surface area contributed by atoms with Crippen LogP contribution in [0.25, 0.3) is 22.0 Å². The normalized spacial score (nSPS) is 14.5. The number of rotatable bonds is 3. The summed E-state index contributed by atoms with van der Waals surface area (Å²) < 4.78 is 2.32. The van der Waals surface area contributed by atoms with E-state index in [1.54, 1.807) is 0 Å². The molecule has 1 N–H and O–H groups in total. The Bertz CT molecular complexity index is 937. The third-order valence-corrected chi connectivity index (χ3v) is 5.01. The van der Waals surface area contributed by atoms with Crippen molar-refractivity contribution < 1.29 is 4.79 Å². The highest BCUT2D eigenvalue weighted by Gasteiger charge is 2.25. The van der Waals surface area contributed by atoms with Crippen molar-refractivity contribution in [2.24, 2.45) is 0 Å². The Balaban J connectivity index is 1.87. The second kappa shape index (κ2) is 6.71. The number of benzene rings is 2. The fourth-order valence-corrected chi connectivity index (χ4v) is 3.74. The molecule has 0 atom stereocenters. The molecule has 0 bridgehead atoms. The number of halogens is 2. The van der Waals surface area contributed by atoms with Gasteiger partial charge in [0, 0.05) is 40.3 Å². The zero-order valence-electron chi connectivity index (χ0n) is 13.5. The van der Waals surface area contributed by atoms with E-state index in [0.29, 0.717) is 6.54 Å². The van der Waals surface area contributed by atoms with E-state index in [0.717, 1.165) is 29.1 Å². The van der Waals surface area contributed by atoms with Gasteiger partial charge in [-0.1, -0.05) is 41.9 Å². The molecule has 3 aromatic rings. The second-order valence-electron chi connectivity index (χ2n) is 6.09. The minimum Gasteiger partial charge on any atom is -0.341 e.